The first-order valence-corrected chi connectivity index (χ1v) is 8.42. The van der Waals surface area contributed by atoms with E-state index in [2.05, 4.69) is 29.0 Å². The maximum atomic E-state index is 3.77. The van der Waals surface area contributed by atoms with Crippen molar-refractivity contribution in [3.8, 4) is 0 Å². The molecule has 0 radical (unpaired) electrons. The second-order valence-corrected chi connectivity index (χ2v) is 7.25. The highest BCUT2D eigenvalue weighted by atomic mass is 15.2. The monoisotopic (exact) mass is 265 g/mol. The Kier molecular flexibility index (Phi) is 4.45. The van der Waals surface area contributed by atoms with Crippen LogP contribution in [0, 0.1) is 11.8 Å². The molecule has 3 rings (SSSR count). The number of hydrogen-bond acceptors (Lipinski definition) is 3. The van der Waals surface area contributed by atoms with Gasteiger partial charge in [-0.1, -0.05) is 0 Å². The Balaban J connectivity index is 1.48. The van der Waals surface area contributed by atoms with Crippen molar-refractivity contribution in [1.29, 1.82) is 0 Å². The van der Waals surface area contributed by atoms with Crippen LogP contribution in [-0.2, 0) is 0 Å². The molecule has 19 heavy (non-hydrogen) atoms. The lowest BCUT2D eigenvalue weighted by Gasteiger charge is -2.27. The maximum absolute atomic E-state index is 3.77. The molecule has 1 saturated carbocycles. The zero-order valence-corrected chi connectivity index (χ0v) is 12.8. The molecule has 1 N–H and O–H groups in total. The van der Waals surface area contributed by atoms with Crippen molar-refractivity contribution in [1.82, 2.24) is 15.1 Å². The first kappa shape index (κ1) is 13.8. The van der Waals surface area contributed by atoms with E-state index in [9.17, 15) is 0 Å². The molecule has 0 spiro atoms. The number of hydrogen-bond donors (Lipinski definition) is 1. The van der Waals surface area contributed by atoms with E-state index in [4.69, 9.17) is 0 Å². The van der Waals surface area contributed by atoms with Gasteiger partial charge < -0.3 is 15.1 Å². The number of likely N-dealkylation sites (tertiary alicyclic amines) is 1. The van der Waals surface area contributed by atoms with E-state index in [1.165, 1.54) is 65.0 Å². The zero-order valence-electron chi connectivity index (χ0n) is 12.8. The summed E-state index contributed by atoms with van der Waals surface area (Å²) in [6.45, 7) is 12.5. The number of nitrogens with one attached hydrogen (secondary N) is 1. The average molecular weight is 265 g/mol. The van der Waals surface area contributed by atoms with Crippen molar-refractivity contribution in [2.24, 2.45) is 11.8 Å². The number of rotatable bonds is 4. The van der Waals surface area contributed by atoms with Crippen LogP contribution < -0.4 is 5.32 Å². The molecule has 2 heterocycles. The van der Waals surface area contributed by atoms with Crippen molar-refractivity contribution in [2.45, 2.75) is 51.6 Å². The predicted octanol–water partition coefficient (Wildman–Crippen LogP) is 1.79. The van der Waals surface area contributed by atoms with E-state index in [-0.39, 0.29) is 0 Å². The van der Waals surface area contributed by atoms with Gasteiger partial charge in [0.25, 0.3) is 0 Å². The Hall–Kier alpha value is -0.120. The van der Waals surface area contributed by atoms with Gasteiger partial charge in [-0.2, -0.15) is 0 Å². The lowest BCUT2D eigenvalue weighted by Crippen LogP contribution is -2.41. The zero-order chi connectivity index (χ0) is 13.2. The normalized spacial score (nSPS) is 34.9. The minimum absolute atomic E-state index is 0.731. The van der Waals surface area contributed by atoms with E-state index in [0.29, 0.717) is 0 Å². The second kappa shape index (κ2) is 6.11. The van der Waals surface area contributed by atoms with Crippen LogP contribution in [0.15, 0.2) is 0 Å². The van der Waals surface area contributed by atoms with Crippen molar-refractivity contribution in [3.05, 3.63) is 0 Å². The van der Waals surface area contributed by atoms with E-state index in [1.54, 1.807) is 0 Å². The maximum Gasteiger partial charge on any atom is 0.0223 e. The average Bonchev–Trinajstić information content (AvgIpc) is 3.14. The van der Waals surface area contributed by atoms with Crippen LogP contribution in [0.4, 0.5) is 0 Å². The highest BCUT2D eigenvalue weighted by Crippen LogP contribution is 2.33. The minimum Gasteiger partial charge on any atom is -0.312 e. The summed E-state index contributed by atoms with van der Waals surface area (Å²) in [5, 5.41) is 3.77. The fraction of sp³-hybridized carbons (Fsp3) is 1.00. The molecule has 0 aromatic carbocycles. The highest BCUT2D eigenvalue weighted by Gasteiger charge is 2.34. The lowest BCUT2D eigenvalue weighted by atomic mass is 10.1. The van der Waals surface area contributed by atoms with Gasteiger partial charge in [0, 0.05) is 31.7 Å². The first-order chi connectivity index (χ1) is 9.22. The Morgan fingerprint density at radius 1 is 1.11 bits per heavy atom. The smallest absolute Gasteiger partial charge is 0.0223 e. The lowest BCUT2D eigenvalue weighted by molar-refractivity contribution is 0.208. The summed E-state index contributed by atoms with van der Waals surface area (Å²) in [7, 11) is 0. The third kappa shape index (κ3) is 3.71. The molecule has 2 saturated heterocycles. The fourth-order valence-corrected chi connectivity index (χ4v) is 3.85. The summed E-state index contributed by atoms with van der Waals surface area (Å²) < 4.78 is 0. The summed E-state index contributed by atoms with van der Waals surface area (Å²) in [6.07, 6.45) is 5.69. The minimum atomic E-state index is 0.731. The summed E-state index contributed by atoms with van der Waals surface area (Å²) >= 11 is 0. The highest BCUT2D eigenvalue weighted by molar-refractivity contribution is 4.91. The molecule has 110 valence electrons. The van der Waals surface area contributed by atoms with Gasteiger partial charge in [0.2, 0.25) is 0 Å². The molecule has 0 bridgehead atoms. The quantitative estimate of drug-likeness (QED) is 0.836. The van der Waals surface area contributed by atoms with Crippen molar-refractivity contribution in [2.75, 3.05) is 39.3 Å². The van der Waals surface area contributed by atoms with Gasteiger partial charge in [-0.3, -0.25) is 0 Å². The third-order valence-electron chi connectivity index (χ3n) is 5.27. The van der Waals surface area contributed by atoms with Gasteiger partial charge >= 0.3 is 0 Å². The Bertz CT molecular complexity index is 288. The van der Waals surface area contributed by atoms with Crippen LogP contribution in [0.3, 0.4) is 0 Å². The van der Waals surface area contributed by atoms with Crippen LogP contribution in [0.5, 0.6) is 0 Å². The topological polar surface area (TPSA) is 18.5 Å². The van der Waals surface area contributed by atoms with Crippen molar-refractivity contribution >= 4 is 0 Å². The molecule has 0 aromatic rings. The summed E-state index contributed by atoms with van der Waals surface area (Å²) in [5.41, 5.74) is 0. The molecular weight excluding hydrogens is 234 g/mol. The molecule has 3 nitrogen and oxygen atoms in total. The fourth-order valence-electron chi connectivity index (χ4n) is 3.85. The molecule has 3 heteroatoms. The Morgan fingerprint density at radius 3 is 2.63 bits per heavy atom. The van der Waals surface area contributed by atoms with Crippen LogP contribution >= 0.6 is 0 Å². The molecule has 3 fully saturated rings. The van der Waals surface area contributed by atoms with Crippen molar-refractivity contribution < 1.29 is 0 Å². The SMILES string of the molecule is CC(C)N1CCC(CN2CCCNC(C3CC3)C2)C1. The van der Waals surface area contributed by atoms with Crippen LogP contribution in [0.25, 0.3) is 0 Å². The predicted molar refractivity (Wildman–Crippen MR) is 80.4 cm³/mol. The molecule has 3 aliphatic rings. The van der Waals surface area contributed by atoms with Crippen LogP contribution in [0.1, 0.15) is 39.5 Å². The summed E-state index contributed by atoms with van der Waals surface area (Å²) in [4.78, 5) is 5.41. The molecular formula is C16H31N3. The second-order valence-electron chi connectivity index (χ2n) is 7.25. The van der Waals surface area contributed by atoms with Gasteiger partial charge in [-0.15, -0.1) is 0 Å². The number of nitrogens with zero attached hydrogens (tertiary/aromatic N) is 2. The largest absolute Gasteiger partial charge is 0.312 e. The van der Waals surface area contributed by atoms with Gasteiger partial charge in [0.1, 0.15) is 0 Å². The summed E-state index contributed by atoms with van der Waals surface area (Å²) in [6, 6.07) is 1.53. The Morgan fingerprint density at radius 2 is 1.95 bits per heavy atom. The molecule has 2 atom stereocenters. The van der Waals surface area contributed by atoms with E-state index in [1.807, 2.05) is 0 Å². The van der Waals surface area contributed by atoms with Gasteiger partial charge in [0.15, 0.2) is 0 Å². The van der Waals surface area contributed by atoms with E-state index < -0.39 is 0 Å². The van der Waals surface area contributed by atoms with Gasteiger partial charge in [-0.05, 0) is 71.0 Å². The standard InChI is InChI=1S/C16H31N3/c1-13(2)19-9-6-14(11-19)10-18-8-3-7-17-16(12-18)15-4-5-15/h13-17H,3-12H2,1-2H3. The van der Waals surface area contributed by atoms with Gasteiger partial charge in [0.05, 0.1) is 0 Å². The molecule has 0 aromatic heterocycles. The summed E-state index contributed by atoms with van der Waals surface area (Å²) in [5.74, 6) is 1.91. The molecule has 2 aliphatic heterocycles. The molecule has 1 aliphatic carbocycles. The third-order valence-corrected chi connectivity index (χ3v) is 5.27. The van der Waals surface area contributed by atoms with Gasteiger partial charge in [-0.25, -0.2) is 0 Å². The van der Waals surface area contributed by atoms with E-state index >= 15 is 0 Å². The first-order valence-electron chi connectivity index (χ1n) is 8.42. The van der Waals surface area contributed by atoms with Crippen LogP contribution in [-0.4, -0.2) is 61.2 Å². The molecule has 2 unspecified atom stereocenters. The van der Waals surface area contributed by atoms with E-state index in [0.717, 1.165) is 23.9 Å². The van der Waals surface area contributed by atoms with Crippen LogP contribution in [0.2, 0.25) is 0 Å². The Labute approximate surface area is 118 Å². The van der Waals surface area contributed by atoms with Crippen molar-refractivity contribution in [3.63, 3.8) is 0 Å². The molecule has 0 amide bonds.